The SMILES string of the molecule is CC(=O)Nc1cccc(OCc2nnc(-c3ccccc3C)o2)c1. The molecule has 0 aliphatic carbocycles. The fourth-order valence-electron chi connectivity index (χ4n) is 2.25. The molecule has 0 saturated heterocycles. The van der Waals surface area contributed by atoms with Crippen LogP contribution in [-0.2, 0) is 11.4 Å². The molecule has 0 aliphatic rings. The van der Waals surface area contributed by atoms with Crippen LogP contribution in [0.5, 0.6) is 5.75 Å². The topological polar surface area (TPSA) is 77.2 Å². The van der Waals surface area contributed by atoms with Gasteiger partial charge in [-0.2, -0.15) is 0 Å². The number of hydrogen-bond acceptors (Lipinski definition) is 5. The Morgan fingerprint density at radius 2 is 2.00 bits per heavy atom. The maximum atomic E-state index is 11.1. The number of carbonyl (C=O) groups excluding carboxylic acids is 1. The van der Waals surface area contributed by atoms with E-state index in [0.29, 0.717) is 23.2 Å². The maximum absolute atomic E-state index is 11.1. The highest BCUT2D eigenvalue weighted by molar-refractivity contribution is 5.88. The van der Waals surface area contributed by atoms with E-state index in [1.54, 1.807) is 24.3 Å². The van der Waals surface area contributed by atoms with Crippen molar-refractivity contribution in [3.8, 4) is 17.2 Å². The number of ether oxygens (including phenoxy) is 1. The predicted molar refractivity (Wildman–Crippen MR) is 89.5 cm³/mol. The minimum atomic E-state index is -0.132. The van der Waals surface area contributed by atoms with Gasteiger partial charge >= 0.3 is 0 Å². The first-order valence-corrected chi connectivity index (χ1v) is 7.50. The number of aromatic nitrogens is 2. The second kappa shape index (κ2) is 6.95. The number of hydrogen-bond donors (Lipinski definition) is 1. The molecule has 0 spiro atoms. The van der Waals surface area contributed by atoms with Gasteiger partial charge in [-0.25, -0.2) is 0 Å². The van der Waals surface area contributed by atoms with Crippen molar-refractivity contribution in [2.45, 2.75) is 20.5 Å². The molecule has 0 fully saturated rings. The zero-order chi connectivity index (χ0) is 16.9. The highest BCUT2D eigenvalue weighted by atomic mass is 16.5. The number of rotatable bonds is 5. The fourth-order valence-corrected chi connectivity index (χ4v) is 2.25. The van der Waals surface area contributed by atoms with Crippen molar-refractivity contribution in [3.05, 3.63) is 60.0 Å². The van der Waals surface area contributed by atoms with Crippen LogP contribution >= 0.6 is 0 Å². The van der Waals surface area contributed by atoms with Crippen LogP contribution in [0.4, 0.5) is 5.69 Å². The summed E-state index contributed by atoms with van der Waals surface area (Å²) in [6.45, 7) is 3.60. The Balaban J connectivity index is 1.68. The van der Waals surface area contributed by atoms with Crippen molar-refractivity contribution >= 4 is 11.6 Å². The molecular weight excluding hydrogens is 306 g/mol. The quantitative estimate of drug-likeness (QED) is 0.776. The highest BCUT2D eigenvalue weighted by Gasteiger charge is 2.11. The Kier molecular flexibility index (Phi) is 4.56. The lowest BCUT2D eigenvalue weighted by Crippen LogP contribution is -2.05. The minimum Gasteiger partial charge on any atom is -0.484 e. The standard InChI is InChI=1S/C18H17N3O3/c1-12-6-3-4-9-16(12)18-21-20-17(24-18)11-23-15-8-5-7-14(10-15)19-13(2)22/h3-10H,11H2,1-2H3,(H,19,22). The van der Waals surface area contributed by atoms with E-state index in [1.165, 1.54) is 6.92 Å². The molecule has 24 heavy (non-hydrogen) atoms. The van der Waals surface area contributed by atoms with Gasteiger partial charge in [0.15, 0.2) is 6.61 Å². The van der Waals surface area contributed by atoms with E-state index in [4.69, 9.17) is 9.15 Å². The number of nitrogens with zero attached hydrogens (tertiary/aromatic N) is 2. The monoisotopic (exact) mass is 323 g/mol. The zero-order valence-corrected chi connectivity index (χ0v) is 13.4. The third kappa shape index (κ3) is 3.78. The number of aryl methyl sites for hydroxylation is 1. The Hall–Kier alpha value is -3.15. The largest absolute Gasteiger partial charge is 0.484 e. The van der Waals surface area contributed by atoms with Crippen LogP contribution in [0.1, 0.15) is 18.4 Å². The molecule has 0 aliphatic heterocycles. The van der Waals surface area contributed by atoms with E-state index < -0.39 is 0 Å². The van der Waals surface area contributed by atoms with Gasteiger partial charge in [0.25, 0.3) is 5.89 Å². The van der Waals surface area contributed by atoms with Gasteiger partial charge in [-0.05, 0) is 30.7 Å². The zero-order valence-electron chi connectivity index (χ0n) is 13.4. The van der Waals surface area contributed by atoms with Gasteiger partial charge in [-0.15, -0.1) is 10.2 Å². The Bertz CT molecular complexity index is 858. The molecule has 6 heteroatoms. The first kappa shape index (κ1) is 15.7. The Morgan fingerprint density at radius 1 is 1.17 bits per heavy atom. The van der Waals surface area contributed by atoms with Crippen LogP contribution in [0.15, 0.2) is 52.9 Å². The summed E-state index contributed by atoms with van der Waals surface area (Å²) in [4.78, 5) is 11.1. The van der Waals surface area contributed by atoms with Crippen molar-refractivity contribution in [1.29, 1.82) is 0 Å². The molecule has 3 aromatic rings. The molecule has 1 heterocycles. The number of benzene rings is 2. The van der Waals surface area contributed by atoms with E-state index in [1.807, 2.05) is 31.2 Å². The van der Waals surface area contributed by atoms with Crippen molar-refractivity contribution in [3.63, 3.8) is 0 Å². The molecule has 1 N–H and O–H groups in total. The smallest absolute Gasteiger partial charge is 0.254 e. The first-order chi connectivity index (χ1) is 11.6. The van der Waals surface area contributed by atoms with Crippen molar-refractivity contribution in [1.82, 2.24) is 10.2 Å². The summed E-state index contributed by atoms with van der Waals surface area (Å²) in [6.07, 6.45) is 0. The summed E-state index contributed by atoms with van der Waals surface area (Å²) in [5, 5.41) is 10.8. The summed E-state index contributed by atoms with van der Waals surface area (Å²) < 4.78 is 11.3. The molecule has 0 bridgehead atoms. The van der Waals surface area contributed by atoms with Gasteiger partial charge in [0.1, 0.15) is 5.75 Å². The molecule has 3 rings (SSSR count). The van der Waals surface area contributed by atoms with Crippen molar-refractivity contribution in [2.24, 2.45) is 0 Å². The lowest BCUT2D eigenvalue weighted by molar-refractivity contribution is -0.114. The average Bonchev–Trinajstić information content (AvgIpc) is 3.02. The van der Waals surface area contributed by atoms with Gasteiger partial charge in [0.05, 0.1) is 0 Å². The maximum Gasteiger partial charge on any atom is 0.254 e. The van der Waals surface area contributed by atoms with Crippen LogP contribution in [0.2, 0.25) is 0 Å². The summed E-state index contributed by atoms with van der Waals surface area (Å²) in [5.41, 5.74) is 2.65. The normalized spacial score (nSPS) is 10.4. The average molecular weight is 323 g/mol. The number of anilines is 1. The lowest BCUT2D eigenvalue weighted by atomic mass is 10.1. The Labute approximate surface area is 139 Å². The number of nitrogens with one attached hydrogen (secondary N) is 1. The van der Waals surface area contributed by atoms with Crippen LogP contribution in [0.3, 0.4) is 0 Å². The van der Waals surface area contributed by atoms with Gasteiger partial charge in [-0.3, -0.25) is 4.79 Å². The molecule has 0 radical (unpaired) electrons. The van der Waals surface area contributed by atoms with E-state index in [9.17, 15) is 4.79 Å². The van der Waals surface area contributed by atoms with Gasteiger partial charge in [0.2, 0.25) is 11.8 Å². The van der Waals surface area contributed by atoms with Gasteiger partial charge < -0.3 is 14.5 Å². The molecule has 0 unspecified atom stereocenters. The Morgan fingerprint density at radius 3 is 2.79 bits per heavy atom. The summed E-state index contributed by atoms with van der Waals surface area (Å²) in [5.74, 6) is 1.33. The third-order valence-electron chi connectivity index (χ3n) is 3.36. The lowest BCUT2D eigenvalue weighted by Gasteiger charge is -2.06. The van der Waals surface area contributed by atoms with Crippen LogP contribution in [0, 0.1) is 6.92 Å². The fraction of sp³-hybridized carbons (Fsp3) is 0.167. The number of carbonyl (C=O) groups is 1. The van der Waals surface area contributed by atoms with E-state index in [0.717, 1.165) is 11.1 Å². The van der Waals surface area contributed by atoms with E-state index in [2.05, 4.69) is 15.5 Å². The van der Waals surface area contributed by atoms with E-state index >= 15 is 0 Å². The molecule has 1 aromatic heterocycles. The van der Waals surface area contributed by atoms with Crippen molar-refractivity contribution < 1.29 is 13.9 Å². The molecule has 1 amide bonds. The molecule has 0 saturated carbocycles. The second-order valence-electron chi connectivity index (χ2n) is 5.31. The third-order valence-corrected chi connectivity index (χ3v) is 3.36. The number of amides is 1. The first-order valence-electron chi connectivity index (χ1n) is 7.50. The summed E-state index contributed by atoms with van der Waals surface area (Å²) >= 11 is 0. The summed E-state index contributed by atoms with van der Waals surface area (Å²) in [7, 11) is 0. The predicted octanol–water partition coefficient (Wildman–Crippen LogP) is 3.58. The highest BCUT2D eigenvalue weighted by Crippen LogP contribution is 2.23. The van der Waals surface area contributed by atoms with Crippen molar-refractivity contribution in [2.75, 3.05) is 5.32 Å². The van der Waals surface area contributed by atoms with Gasteiger partial charge in [0, 0.05) is 24.2 Å². The van der Waals surface area contributed by atoms with Crippen LogP contribution in [0.25, 0.3) is 11.5 Å². The van der Waals surface area contributed by atoms with Crippen LogP contribution < -0.4 is 10.1 Å². The molecule has 2 aromatic carbocycles. The molecule has 6 nitrogen and oxygen atoms in total. The second-order valence-corrected chi connectivity index (χ2v) is 5.31. The van der Waals surface area contributed by atoms with Crippen LogP contribution in [-0.4, -0.2) is 16.1 Å². The molecule has 122 valence electrons. The molecular formula is C18H17N3O3. The molecule has 0 atom stereocenters. The summed E-state index contributed by atoms with van der Waals surface area (Å²) in [6, 6.07) is 14.9. The minimum absolute atomic E-state index is 0.132. The van der Waals surface area contributed by atoms with E-state index in [-0.39, 0.29) is 12.5 Å². The van der Waals surface area contributed by atoms with Gasteiger partial charge in [-0.1, -0.05) is 24.3 Å².